The Kier molecular flexibility index (Phi) is 5.09. The zero-order valence-electron chi connectivity index (χ0n) is 9.83. The van der Waals surface area contributed by atoms with Crippen molar-refractivity contribution < 1.29 is 9.90 Å². The van der Waals surface area contributed by atoms with Crippen molar-refractivity contribution in [1.82, 2.24) is 5.32 Å². The van der Waals surface area contributed by atoms with Gasteiger partial charge in [0.05, 0.1) is 0 Å². The number of carboxylic acid groups (broad SMARTS) is 1. The summed E-state index contributed by atoms with van der Waals surface area (Å²) in [4.78, 5) is 10.4. The second-order valence-corrected chi connectivity index (χ2v) is 4.97. The van der Waals surface area contributed by atoms with Gasteiger partial charge in [0, 0.05) is 18.5 Å². The van der Waals surface area contributed by atoms with Crippen molar-refractivity contribution in [1.29, 1.82) is 0 Å². The second-order valence-electron chi connectivity index (χ2n) is 4.97. The van der Waals surface area contributed by atoms with Gasteiger partial charge in [0.2, 0.25) is 0 Å². The van der Waals surface area contributed by atoms with Crippen LogP contribution in [0.15, 0.2) is 0 Å². The van der Waals surface area contributed by atoms with E-state index >= 15 is 0 Å². The van der Waals surface area contributed by atoms with Crippen LogP contribution in [0.5, 0.6) is 0 Å². The average molecular weight is 213 g/mol. The van der Waals surface area contributed by atoms with Crippen molar-refractivity contribution in [3.8, 4) is 0 Å². The minimum absolute atomic E-state index is 0.274. The van der Waals surface area contributed by atoms with Crippen molar-refractivity contribution in [2.75, 3.05) is 0 Å². The van der Waals surface area contributed by atoms with Gasteiger partial charge in [-0.3, -0.25) is 4.79 Å². The Labute approximate surface area is 92.3 Å². The third kappa shape index (κ3) is 5.17. The van der Waals surface area contributed by atoms with Gasteiger partial charge in [0.1, 0.15) is 0 Å². The van der Waals surface area contributed by atoms with Gasteiger partial charge in [0.25, 0.3) is 0 Å². The minimum Gasteiger partial charge on any atom is -0.481 e. The first kappa shape index (κ1) is 12.5. The van der Waals surface area contributed by atoms with Crippen LogP contribution in [0.3, 0.4) is 0 Å². The zero-order valence-corrected chi connectivity index (χ0v) is 9.83. The number of carbonyl (C=O) groups is 1. The predicted octanol–water partition coefficient (Wildman–Crippen LogP) is 2.41. The first-order valence-electron chi connectivity index (χ1n) is 6.05. The highest BCUT2D eigenvalue weighted by molar-refractivity contribution is 5.66. The fourth-order valence-electron chi connectivity index (χ4n) is 2.41. The minimum atomic E-state index is -0.694. The molecule has 15 heavy (non-hydrogen) atoms. The first-order chi connectivity index (χ1) is 7.08. The number of carboxylic acids is 1. The summed E-state index contributed by atoms with van der Waals surface area (Å²) < 4.78 is 0. The molecule has 3 unspecified atom stereocenters. The molecule has 0 bridgehead atoms. The maximum absolute atomic E-state index is 10.4. The van der Waals surface area contributed by atoms with Gasteiger partial charge in [-0.2, -0.15) is 0 Å². The molecule has 1 saturated carbocycles. The van der Waals surface area contributed by atoms with Gasteiger partial charge in [-0.05, 0) is 32.1 Å². The third-order valence-electron chi connectivity index (χ3n) is 3.25. The van der Waals surface area contributed by atoms with E-state index in [-0.39, 0.29) is 6.42 Å². The van der Waals surface area contributed by atoms with Crippen LogP contribution in [-0.2, 0) is 4.79 Å². The van der Waals surface area contributed by atoms with Crippen molar-refractivity contribution in [2.45, 2.75) is 64.5 Å². The van der Waals surface area contributed by atoms with E-state index in [1.807, 2.05) is 0 Å². The maximum atomic E-state index is 10.4. The first-order valence-corrected chi connectivity index (χ1v) is 6.05. The van der Waals surface area contributed by atoms with Crippen LogP contribution < -0.4 is 5.32 Å². The number of nitrogens with one attached hydrogen (secondary N) is 1. The molecule has 0 aromatic rings. The van der Waals surface area contributed by atoms with Gasteiger partial charge in [-0.1, -0.05) is 19.8 Å². The van der Waals surface area contributed by atoms with Crippen LogP contribution >= 0.6 is 0 Å². The molecule has 3 atom stereocenters. The quantitative estimate of drug-likeness (QED) is 0.737. The molecular formula is C12H23NO2. The van der Waals surface area contributed by atoms with Crippen LogP contribution in [0.1, 0.15) is 52.4 Å². The van der Waals surface area contributed by atoms with Gasteiger partial charge in [0.15, 0.2) is 0 Å². The summed E-state index contributed by atoms with van der Waals surface area (Å²) in [7, 11) is 0. The van der Waals surface area contributed by atoms with Crippen LogP contribution in [-0.4, -0.2) is 23.2 Å². The number of aliphatic carboxylic acids is 1. The molecule has 0 aromatic heterocycles. The molecule has 1 fully saturated rings. The van der Waals surface area contributed by atoms with Crippen LogP contribution in [0.25, 0.3) is 0 Å². The summed E-state index contributed by atoms with van der Waals surface area (Å²) >= 11 is 0. The van der Waals surface area contributed by atoms with Crippen molar-refractivity contribution in [3.63, 3.8) is 0 Å². The van der Waals surface area contributed by atoms with Gasteiger partial charge >= 0.3 is 5.97 Å². The van der Waals surface area contributed by atoms with E-state index in [4.69, 9.17) is 5.11 Å². The number of rotatable bonds is 5. The number of hydrogen-bond donors (Lipinski definition) is 2. The predicted molar refractivity (Wildman–Crippen MR) is 60.9 cm³/mol. The summed E-state index contributed by atoms with van der Waals surface area (Å²) in [5.41, 5.74) is 0. The van der Waals surface area contributed by atoms with E-state index in [9.17, 15) is 4.79 Å². The highest BCUT2D eigenvalue weighted by Crippen LogP contribution is 2.23. The summed E-state index contributed by atoms with van der Waals surface area (Å²) in [6.45, 7) is 4.39. The smallest absolute Gasteiger partial charge is 0.303 e. The Hall–Kier alpha value is -0.570. The molecule has 0 heterocycles. The molecule has 0 radical (unpaired) electrons. The lowest BCUT2D eigenvalue weighted by molar-refractivity contribution is -0.137. The summed E-state index contributed by atoms with van der Waals surface area (Å²) in [6, 6.07) is 0.939. The van der Waals surface area contributed by atoms with Gasteiger partial charge < -0.3 is 10.4 Å². The molecule has 1 aliphatic carbocycles. The Bertz CT molecular complexity index is 206. The van der Waals surface area contributed by atoms with E-state index in [0.29, 0.717) is 12.1 Å². The van der Waals surface area contributed by atoms with Crippen molar-refractivity contribution in [3.05, 3.63) is 0 Å². The van der Waals surface area contributed by atoms with E-state index in [2.05, 4.69) is 19.2 Å². The fourth-order valence-corrected chi connectivity index (χ4v) is 2.41. The third-order valence-corrected chi connectivity index (χ3v) is 3.25. The summed E-state index contributed by atoms with van der Waals surface area (Å²) in [5.74, 6) is 0.128. The summed E-state index contributed by atoms with van der Waals surface area (Å²) in [5, 5.41) is 12.1. The summed E-state index contributed by atoms with van der Waals surface area (Å²) in [6.07, 6.45) is 6.17. The Balaban J connectivity index is 2.18. The molecule has 0 aromatic carbocycles. The topological polar surface area (TPSA) is 49.3 Å². The maximum Gasteiger partial charge on any atom is 0.303 e. The fraction of sp³-hybridized carbons (Fsp3) is 0.917. The van der Waals surface area contributed by atoms with Crippen LogP contribution in [0.4, 0.5) is 0 Å². The van der Waals surface area contributed by atoms with Crippen molar-refractivity contribution >= 4 is 5.97 Å². The molecule has 0 aliphatic heterocycles. The van der Waals surface area contributed by atoms with Gasteiger partial charge in [-0.25, -0.2) is 0 Å². The lowest BCUT2D eigenvalue weighted by atomic mass is 9.86. The van der Waals surface area contributed by atoms with E-state index in [1.165, 1.54) is 25.7 Å². The SMILES string of the molecule is CC1CCCC(NC(C)CCC(=O)O)C1. The second kappa shape index (κ2) is 6.11. The molecule has 1 rings (SSSR count). The molecule has 0 saturated heterocycles. The lowest BCUT2D eigenvalue weighted by Crippen LogP contribution is -2.39. The molecule has 3 heteroatoms. The highest BCUT2D eigenvalue weighted by atomic mass is 16.4. The Morgan fingerprint density at radius 2 is 2.27 bits per heavy atom. The highest BCUT2D eigenvalue weighted by Gasteiger charge is 2.20. The Morgan fingerprint density at radius 3 is 2.87 bits per heavy atom. The van der Waals surface area contributed by atoms with Gasteiger partial charge in [-0.15, -0.1) is 0 Å². The van der Waals surface area contributed by atoms with Crippen LogP contribution in [0, 0.1) is 5.92 Å². The average Bonchev–Trinajstić information content (AvgIpc) is 2.15. The monoisotopic (exact) mass is 213 g/mol. The molecular weight excluding hydrogens is 190 g/mol. The molecule has 0 spiro atoms. The lowest BCUT2D eigenvalue weighted by Gasteiger charge is -2.30. The zero-order chi connectivity index (χ0) is 11.3. The van der Waals surface area contributed by atoms with Crippen molar-refractivity contribution in [2.24, 2.45) is 5.92 Å². The largest absolute Gasteiger partial charge is 0.481 e. The molecule has 3 nitrogen and oxygen atoms in total. The van der Waals surface area contributed by atoms with Crippen LogP contribution in [0.2, 0.25) is 0 Å². The molecule has 88 valence electrons. The standard InChI is InChI=1S/C12H23NO2/c1-9-4-3-5-11(8-9)13-10(2)6-7-12(14)15/h9-11,13H,3-8H2,1-2H3,(H,14,15). The van der Waals surface area contributed by atoms with E-state index in [0.717, 1.165) is 12.3 Å². The molecule has 2 N–H and O–H groups in total. The van der Waals surface area contributed by atoms with E-state index < -0.39 is 5.97 Å². The Morgan fingerprint density at radius 1 is 1.53 bits per heavy atom. The molecule has 0 amide bonds. The van der Waals surface area contributed by atoms with E-state index in [1.54, 1.807) is 0 Å². The molecule has 1 aliphatic rings. The number of hydrogen-bond acceptors (Lipinski definition) is 2. The normalized spacial score (nSPS) is 28.7.